The van der Waals surface area contributed by atoms with E-state index in [1.54, 1.807) is 18.5 Å². The van der Waals surface area contributed by atoms with Crippen molar-refractivity contribution in [1.82, 2.24) is 25.6 Å². The summed E-state index contributed by atoms with van der Waals surface area (Å²) in [5.74, 6) is -1.77. The summed E-state index contributed by atoms with van der Waals surface area (Å²) in [6.07, 6.45) is 1.87. The Morgan fingerprint density at radius 1 is 1.35 bits per heavy atom. The van der Waals surface area contributed by atoms with Gasteiger partial charge in [0.2, 0.25) is 0 Å². The molecule has 2 aromatic rings. The van der Waals surface area contributed by atoms with E-state index >= 15 is 0 Å². The molecule has 1 aliphatic heterocycles. The molecule has 142 valence electrons. The van der Waals surface area contributed by atoms with Gasteiger partial charge in [0.15, 0.2) is 5.69 Å². The largest absolute Gasteiger partial charge is 0.344 e. The smallest absolute Gasteiger partial charge is 0.274 e. The van der Waals surface area contributed by atoms with Gasteiger partial charge in [-0.15, -0.1) is 17.5 Å². The predicted molar refractivity (Wildman–Crippen MR) is 95.4 cm³/mol. The molecular formula is C17H22ClF2N5O. The second-order valence-corrected chi connectivity index (χ2v) is 6.31. The molecule has 1 aromatic carbocycles. The van der Waals surface area contributed by atoms with Gasteiger partial charge in [-0.25, -0.2) is 13.5 Å². The maximum absolute atomic E-state index is 13.9. The van der Waals surface area contributed by atoms with Gasteiger partial charge in [0.25, 0.3) is 5.91 Å². The zero-order valence-corrected chi connectivity index (χ0v) is 15.4. The van der Waals surface area contributed by atoms with Crippen LogP contribution < -0.4 is 10.6 Å². The molecule has 0 spiro atoms. The maximum atomic E-state index is 13.9. The Morgan fingerprint density at radius 3 is 2.69 bits per heavy atom. The van der Waals surface area contributed by atoms with Gasteiger partial charge in [-0.1, -0.05) is 11.3 Å². The van der Waals surface area contributed by atoms with E-state index in [0.717, 1.165) is 32.0 Å². The third-order valence-electron chi connectivity index (χ3n) is 4.57. The molecule has 0 bridgehead atoms. The molecule has 6 nitrogen and oxygen atoms in total. The van der Waals surface area contributed by atoms with Gasteiger partial charge in [-0.05, 0) is 45.8 Å². The molecule has 0 saturated carbocycles. The molecule has 1 aliphatic rings. The number of hydrogen-bond acceptors (Lipinski definition) is 4. The number of amides is 1. The highest BCUT2D eigenvalue weighted by Gasteiger charge is 2.24. The summed E-state index contributed by atoms with van der Waals surface area (Å²) in [7, 11) is 0. The van der Waals surface area contributed by atoms with Crippen LogP contribution in [0.2, 0.25) is 0 Å². The van der Waals surface area contributed by atoms with Crippen molar-refractivity contribution in [3.05, 3.63) is 46.8 Å². The van der Waals surface area contributed by atoms with Crippen LogP contribution in [0.15, 0.2) is 18.2 Å². The average Bonchev–Trinajstić information content (AvgIpc) is 2.97. The van der Waals surface area contributed by atoms with E-state index < -0.39 is 23.6 Å². The number of halogens is 3. The minimum absolute atomic E-state index is 0. The lowest BCUT2D eigenvalue weighted by Gasteiger charge is -2.23. The molecule has 1 saturated heterocycles. The van der Waals surface area contributed by atoms with E-state index in [1.807, 2.05) is 0 Å². The quantitative estimate of drug-likeness (QED) is 0.848. The third-order valence-corrected chi connectivity index (χ3v) is 4.57. The van der Waals surface area contributed by atoms with E-state index in [1.165, 1.54) is 12.1 Å². The normalized spacial score (nSPS) is 16.0. The summed E-state index contributed by atoms with van der Waals surface area (Å²) in [4.78, 5) is 12.5. The molecule has 1 fully saturated rings. The fourth-order valence-corrected chi connectivity index (χ4v) is 3.14. The van der Waals surface area contributed by atoms with Crippen molar-refractivity contribution in [3.8, 4) is 0 Å². The third kappa shape index (κ3) is 4.19. The second kappa shape index (κ2) is 8.55. The van der Waals surface area contributed by atoms with Crippen LogP contribution in [0.3, 0.4) is 0 Å². The van der Waals surface area contributed by atoms with Crippen molar-refractivity contribution < 1.29 is 13.6 Å². The minimum Gasteiger partial charge on any atom is -0.344 e. The Morgan fingerprint density at radius 2 is 2.04 bits per heavy atom. The molecular weight excluding hydrogens is 364 g/mol. The van der Waals surface area contributed by atoms with Crippen LogP contribution in [0.4, 0.5) is 8.78 Å². The Bertz CT molecular complexity index is 777. The number of carbonyl (C=O) groups excluding carboxylic acids is 1. The van der Waals surface area contributed by atoms with Crippen molar-refractivity contribution in [1.29, 1.82) is 0 Å². The number of carbonyl (C=O) groups is 1. The summed E-state index contributed by atoms with van der Waals surface area (Å²) in [6, 6.07) is 2.91. The van der Waals surface area contributed by atoms with Crippen molar-refractivity contribution in [2.24, 2.45) is 0 Å². The number of rotatable bonds is 4. The number of nitrogens with one attached hydrogen (secondary N) is 2. The highest BCUT2D eigenvalue weighted by atomic mass is 35.5. The number of benzene rings is 1. The van der Waals surface area contributed by atoms with Crippen LogP contribution >= 0.6 is 12.4 Å². The lowest BCUT2D eigenvalue weighted by molar-refractivity contribution is 0.0933. The predicted octanol–water partition coefficient (Wildman–Crippen LogP) is 2.70. The van der Waals surface area contributed by atoms with Gasteiger partial charge < -0.3 is 10.6 Å². The zero-order chi connectivity index (χ0) is 18.0. The number of hydrogen-bond donors (Lipinski definition) is 2. The Hall–Kier alpha value is -2.06. The molecule has 2 heterocycles. The van der Waals surface area contributed by atoms with Crippen molar-refractivity contribution >= 4 is 18.3 Å². The van der Waals surface area contributed by atoms with Gasteiger partial charge in [0.1, 0.15) is 11.6 Å². The Labute approximate surface area is 156 Å². The highest BCUT2D eigenvalue weighted by Crippen LogP contribution is 2.21. The SMILES string of the molecule is Cc1c(C(=O)NC(C)c2ccc(F)cc2F)nnn1C1CCNCC1.Cl. The number of aromatic nitrogens is 3. The standard InChI is InChI=1S/C17H21F2N5O.ClH/c1-10(14-4-3-12(18)9-15(14)19)21-17(25)16-11(2)24(23-22-16)13-5-7-20-8-6-13;/h3-4,9-10,13,20H,5-8H2,1-2H3,(H,21,25);1H. The fourth-order valence-electron chi connectivity index (χ4n) is 3.14. The van der Waals surface area contributed by atoms with Crippen molar-refractivity contribution in [3.63, 3.8) is 0 Å². The molecule has 3 rings (SSSR count). The maximum Gasteiger partial charge on any atom is 0.274 e. The molecule has 0 radical (unpaired) electrons. The zero-order valence-electron chi connectivity index (χ0n) is 14.6. The van der Waals surface area contributed by atoms with E-state index in [9.17, 15) is 13.6 Å². The molecule has 26 heavy (non-hydrogen) atoms. The van der Waals surface area contributed by atoms with Crippen LogP contribution in [0, 0.1) is 18.6 Å². The number of nitrogens with zero attached hydrogens (tertiary/aromatic N) is 3. The summed E-state index contributed by atoms with van der Waals surface area (Å²) >= 11 is 0. The molecule has 2 N–H and O–H groups in total. The van der Waals surface area contributed by atoms with Crippen LogP contribution in [0.1, 0.15) is 53.6 Å². The van der Waals surface area contributed by atoms with Gasteiger partial charge in [0, 0.05) is 11.6 Å². The number of piperidine rings is 1. The summed E-state index contributed by atoms with van der Waals surface area (Å²) in [5.41, 5.74) is 1.14. The summed E-state index contributed by atoms with van der Waals surface area (Å²) in [5, 5.41) is 14.1. The van der Waals surface area contributed by atoms with Gasteiger partial charge >= 0.3 is 0 Å². The first-order valence-electron chi connectivity index (χ1n) is 8.35. The van der Waals surface area contributed by atoms with Gasteiger partial charge in [-0.2, -0.15) is 0 Å². The Kier molecular flexibility index (Phi) is 6.66. The average molecular weight is 386 g/mol. The second-order valence-electron chi connectivity index (χ2n) is 6.31. The minimum atomic E-state index is -0.692. The molecule has 9 heteroatoms. The molecule has 1 aromatic heterocycles. The van der Waals surface area contributed by atoms with Crippen LogP contribution in [0.25, 0.3) is 0 Å². The topological polar surface area (TPSA) is 71.8 Å². The lowest BCUT2D eigenvalue weighted by atomic mass is 10.1. The van der Waals surface area contributed by atoms with E-state index in [4.69, 9.17) is 0 Å². The van der Waals surface area contributed by atoms with Crippen molar-refractivity contribution in [2.75, 3.05) is 13.1 Å². The van der Waals surface area contributed by atoms with E-state index in [2.05, 4.69) is 20.9 Å². The van der Waals surface area contributed by atoms with Crippen LogP contribution in [0.5, 0.6) is 0 Å². The first-order chi connectivity index (χ1) is 12.0. The van der Waals surface area contributed by atoms with Gasteiger partial charge in [0.05, 0.1) is 17.8 Å². The first kappa shape index (κ1) is 20.3. The summed E-state index contributed by atoms with van der Waals surface area (Å²) in [6.45, 7) is 5.26. The first-order valence-corrected chi connectivity index (χ1v) is 8.35. The van der Waals surface area contributed by atoms with Crippen LogP contribution in [-0.4, -0.2) is 34.0 Å². The molecule has 1 amide bonds. The van der Waals surface area contributed by atoms with Crippen LogP contribution in [-0.2, 0) is 0 Å². The van der Waals surface area contributed by atoms with E-state index in [-0.39, 0.29) is 29.7 Å². The highest BCUT2D eigenvalue weighted by molar-refractivity contribution is 5.93. The monoisotopic (exact) mass is 385 g/mol. The molecule has 0 aliphatic carbocycles. The fraction of sp³-hybridized carbons (Fsp3) is 0.471. The van der Waals surface area contributed by atoms with E-state index in [0.29, 0.717) is 5.69 Å². The molecule has 1 atom stereocenters. The van der Waals surface area contributed by atoms with Crippen molar-refractivity contribution in [2.45, 2.75) is 38.8 Å². The summed E-state index contributed by atoms with van der Waals surface area (Å²) < 4.78 is 28.7. The lowest BCUT2D eigenvalue weighted by Crippen LogP contribution is -2.31. The molecule has 1 unspecified atom stereocenters. The van der Waals surface area contributed by atoms with Gasteiger partial charge in [-0.3, -0.25) is 4.79 Å². The Balaban J connectivity index is 0.00000243.